The Bertz CT molecular complexity index is 878. The van der Waals surface area contributed by atoms with Crippen LogP contribution in [0.2, 0.25) is 0 Å². The number of thiocarbonyl (C=S) groups is 1. The highest BCUT2D eigenvalue weighted by Gasteiger charge is 2.31. The first-order valence-corrected chi connectivity index (χ1v) is 9.52. The number of nitrogens with zero attached hydrogens (tertiary/aromatic N) is 1. The number of thioether (sulfide) groups is 1. The summed E-state index contributed by atoms with van der Waals surface area (Å²) in [5, 5.41) is 2.82. The van der Waals surface area contributed by atoms with Crippen molar-refractivity contribution in [2.24, 2.45) is 0 Å². The first-order valence-electron chi connectivity index (χ1n) is 8.30. The highest BCUT2D eigenvalue weighted by atomic mass is 32.2. The molecule has 6 nitrogen and oxygen atoms in total. The molecule has 1 aromatic heterocycles. The van der Waals surface area contributed by atoms with E-state index in [0.717, 1.165) is 0 Å². The molecule has 0 aliphatic carbocycles. The molecule has 2 heterocycles. The number of furan rings is 1. The van der Waals surface area contributed by atoms with Gasteiger partial charge < -0.3 is 14.5 Å². The minimum absolute atomic E-state index is 0.143. The number of benzene rings is 1. The van der Waals surface area contributed by atoms with Crippen LogP contribution in [0.4, 0.5) is 5.69 Å². The van der Waals surface area contributed by atoms with E-state index in [2.05, 4.69) is 5.32 Å². The van der Waals surface area contributed by atoms with Crippen LogP contribution in [-0.4, -0.2) is 34.7 Å². The third kappa shape index (κ3) is 4.78. The van der Waals surface area contributed by atoms with Gasteiger partial charge in [-0.1, -0.05) is 36.1 Å². The molecule has 1 aliphatic heterocycles. The van der Waals surface area contributed by atoms with Gasteiger partial charge in [0.05, 0.1) is 24.0 Å². The Kier molecular flexibility index (Phi) is 6.31. The van der Waals surface area contributed by atoms with E-state index >= 15 is 0 Å². The van der Waals surface area contributed by atoms with E-state index in [9.17, 15) is 9.59 Å². The molecule has 0 unspecified atom stereocenters. The number of methoxy groups -OCH3 is 1. The lowest BCUT2D eigenvalue weighted by molar-refractivity contribution is -0.122. The molecular formula is C19H18N2O4S2. The Labute approximate surface area is 166 Å². The Morgan fingerprint density at radius 2 is 2.15 bits per heavy atom. The second kappa shape index (κ2) is 8.88. The first-order chi connectivity index (χ1) is 13.1. The number of amides is 2. The van der Waals surface area contributed by atoms with Crippen molar-refractivity contribution in [3.05, 3.63) is 53.3 Å². The zero-order valence-electron chi connectivity index (χ0n) is 14.6. The molecule has 3 rings (SSSR count). The molecular weight excluding hydrogens is 384 g/mol. The average molecular weight is 402 g/mol. The van der Waals surface area contributed by atoms with Gasteiger partial charge in [-0.15, -0.1) is 0 Å². The smallest absolute Gasteiger partial charge is 0.266 e. The second-order valence-electron chi connectivity index (χ2n) is 5.70. The van der Waals surface area contributed by atoms with E-state index < -0.39 is 0 Å². The topological polar surface area (TPSA) is 71.8 Å². The lowest BCUT2D eigenvalue weighted by atomic mass is 10.2. The molecule has 2 aromatic rings. The van der Waals surface area contributed by atoms with Gasteiger partial charge in [0.25, 0.3) is 5.91 Å². The minimum Gasteiger partial charge on any atom is -0.495 e. The predicted octanol–water partition coefficient (Wildman–Crippen LogP) is 3.91. The van der Waals surface area contributed by atoms with E-state index in [-0.39, 0.29) is 18.2 Å². The van der Waals surface area contributed by atoms with Crippen molar-refractivity contribution in [3.8, 4) is 5.75 Å². The van der Waals surface area contributed by atoms with E-state index in [1.54, 1.807) is 43.7 Å². The normalized spacial score (nSPS) is 15.4. The van der Waals surface area contributed by atoms with Crippen molar-refractivity contribution in [1.82, 2.24) is 4.90 Å². The number of ether oxygens (including phenoxy) is 1. The number of anilines is 1. The molecule has 1 saturated heterocycles. The van der Waals surface area contributed by atoms with Crippen LogP contribution in [0.25, 0.3) is 6.08 Å². The summed E-state index contributed by atoms with van der Waals surface area (Å²) in [6, 6.07) is 10.7. The van der Waals surface area contributed by atoms with Crippen molar-refractivity contribution < 1.29 is 18.7 Å². The quantitative estimate of drug-likeness (QED) is 0.559. The van der Waals surface area contributed by atoms with Crippen molar-refractivity contribution in [2.75, 3.05) is 19.0 Å². The molecule has 1 aromatic carbocycles. The van der Waals surface area contributed by atoms with Crippen LogP contribution in [-0.2, 0) is 9.59 Å². The fourth-order valence-corrected chi connectivity index (χ4v) is 3.84. The number of hydrogen-bond acceptors (Lipinski definition) is 6. The monoisotopic (exact) mass is 402 g/mol. The third-order valence-electron chi connectivity index (χ3n) is 3.86. The molecule has 1 N–H and O–H groups in total. The number of hydrogen-bond donors (Lipinski definition) is 1. The van der Waals surface area contributed by atoms with E-state index in [0.29, 0.717) is 39.4 Å². The summed E-state index contributed by atoms with van der Waals surface area (Å²) in [5.41, 5.74) is 0.622. The maximum Gasteiger partial charge on any atom is 0.266 e. The van der Waals surface area contributed by atoms with Gasteiger partial charge >= 0.3 is 0 Å². The zero-order valence-corrected chi connectivity index (χ0v) is 16.3. The van der Waals surface area contributed by atoms with Crippen LogP contribution >= 0.6 is 24.0 Å². The van der Waals surface area contributed by atoms with Gasteiger partial charge in [-0.2, -0.15) is 0 Å². The van der Waals surface area contributed by atoms with Gasteiger partial charge in [0.1, 0.15) is 15.8 Å². The van der Waals surface area contributed by atoms with Gasteiger partial charge in [0, 0.05) is 19.0 Å². The second-order valence-corrected chi connectivity index (χ2v) is 7.38. The van der Waals surface area contributed by atoms with E-state index in [1.807, 2.05) is 12.1 Å². The fourth-order valence-electron chi connectivity index (χ4n) is 2.55. The van der Waals surface area contributed by atoms with Crippen LogP contribution in [0.1, 0.15) is 18.6 Å². The summed E-state index contributed by atoms with van der Waals surface area (Å²) in [4.78, 5) is 26.7. The van der Waals surface area contributed by atoms with Crippen molar-refractivity contribution in [1.29, 1.82) is 0 Å². The lowest BCUT2D eigenvalue weighted by Crippen LogP contribution is -2.29. The molecule has 140 valence electrons. The fraction of sp³-hybridized carbons (Fsp3) is 0.211. The summed E-state index contributed by atoms with van der Waals surface area (Å²) in [5.74, 6) is 0.903. The standard InChI is InChI=1S/C19H18N2O4S2/c1-24-15-8-3-2-7-14(15)20-17(22)9-4-10-21-18(23)16(27-19(21)26)12-13-6-5-11-25-13/h2-3,5-8,11-12H,4,9-10H2,1H3,(H,20,22). The number of para-hydroxylation sites is 2. The summed E-state index contributed by atoms with van der Waals surface area (Å²) in [6.07, 6.45) is 3.99. The molecule has 8 heteroatoms. The minimum atomic E-state index is -0.161. The highest BCUT2D eigenvalue weighted by Crippen LogP contribution is 2.32. The molecule has 2 amide bonds. The Hall–Kier alpha value is -2.58. The van der Waals surface area contributed by atoms with Crippen LogP contribution in [0.15, 0.2) is 52.0 Å². The largest absolute Gasteiger partial charge is 0.495 e. The number of rotatable bonds is 7. The lowest BCUT2D eigenvalue weighted by Gasteiger charge is -2.14. The average Bonchev–Trinajstić information content (AvgIpc) is 3.26. The molecule has 0 saturated carbocycles. The van der Waals surface area contributed by atoms with Gasteiger partial charge in [-0.25, -0.2) is 0 Å². The maximum absolute atomic E-state index is 12.5. The Morgan fingerprint density at radius 3 is 2.89 bits per heavy atom. The number of carbonyl (C=O) groups excluding carboxylic acids is 2. The SMILES string of the molecule is COc1ccccc1NC(=O)CCCN1C(=O)C(=Cc2ccco2)SC1=S. The highest BCUT2D eigenvalue weighted by molar-refractivity contribution is 8.26. The molecule has 27 heavy (non-hydrogen) atoms. The summed E-state index contributed by atoms with van der Waals surface area (Å²) < 4.78 is 10.9. The van der Waals surface area contributed by atoms with Gasteiger partial charge in [-0.3, -0.25) is 14.5 Å². The molecule has 0 radical (unpaired) electrons. The summed E-state index contributed by atoms with van der Waals surface area (Å²) in [6.45, 7) is 0.388. The molecule has 0 atom stereocenters. The van der Waals surface area contributed by atoms with Gasteiger partial charge in [-0.05, 0) is 30.7 Å². The van der Waals surface area contributed by atoms with E-state index in [4.69, 9.17) is 21.4 Å². The maximum atomic E-state index is 12.5. The Balaban J connectivity index is 1.52. The van der Waals surface area contributed by atoms with Crippen molar-refractivity contribution in [3.63, 3.8) is 0 Å². The van der Waals surface area contributed by atoms with Gasteiger partial charge in [0.2, 0.25) is 5.91 Å². The van der Waals surface area contributed by atoms with E-state index in [1.165, 1.54) is 16.7 Å². The molecule has 0 bridgehead atoms. The molecule has 1 aliphatic rings. The number of carbonyl (C=O) groups is 2. The summed E-state index contributed by atoms with van der Waals surface area (Å²) >= 11 is 6.52. The van der Waals surface area contributed by atoms with Crippen LogP contribution in [0, 0.1) is 0 Å². The van der Waals surface area contributed by atoms with Crippen molar-refractivity contribution in [2.45, 2.75) is 12.8 Å². The van der Waals surface area contributed by atoms with Gasteiger partial charge in [0.15, 0.2) is 0 Å². The first kappa shape index (κ1) is 19.2. The number of nitrogens with one attached hydrogen (secondary N) is 1. The van der Waals surface area contributed by atoms with Crippen LogP contribution in [0.5, 0.6) is 5.75 Å². The summed E-state index contributed by atoms with van der Waals surface area (Å²) in [7, 11) is 1.55. The molecule has 1 fully saturated rings. The third-order valence-corrected chi connectivity index (χ3v) is 5.23. The Morgan fingerprint density at radius 1 is 1.33 bits per heavy atom. The van der Waals surface area contributed by atoms with Crippen molar-refractivity contribution >= 4 is 51.9 Å². The van der Waals surface area contributed by atoms with Crippen LogP contribution < -0.4 is 10.1 Å². The predicted molar refractivity (Wildman–Crippen MR) is 109 cm³/mol. The van der Waals surface area contributed by atoms with Crippen LogP contribution in [0.3, 0.4) is 0 Å². The molecule has 0 spiro atoms. The zero-order chi connectivity index (χ0) is 19.2.